The molecule has 1 saturated carbocycles. The summed E-state index contributed by atoms with van der Waals surface area (Å²) in [5, 5.41) is 3.53. The van der Waals surface area contributed by atoms with Gasteiger partial charge in [-0.25, -0.2) is 0 Å². The Morgan fingerprint density at radius 1 is 0.818 bits per heavy atom. The summed E-state index contributed by atoms with van der Waals surface area (Å²) in [4.78, 5) is 16.1. The van der Waals surface area contributed by atoms with Crippen molar-refractivity contribution in [1.82, 2.24) is 4.90 Å². The van der Waals surface area contributed by atoms with Gasteiger partial charge in [0.15, 0.2) is 5.78 Å². The first-order valence-corrected chi connectivity index (χ1v) is 16.2. The summed E-state index contributed by atoms with van der Waals surface area (Å²) in [7, 11) is 1.65. The molecule has 9 heteroatoms. The Hall–Kier alpha value is -2.53. The molecular formula is C35H50N2O7. The lowest BCUT2D eigenvalue weighted by Gasteiger charge is -2.53. The average Bonchev–Trinajstić information content (AvgIpc) is 3.85. The third-order valence-electron chi connectivity index (χ3n) is 9.34. The Balaban J connectivity index is 0.994. The van der Waals surface area contributed by atoms with Crippen LogP contribution in [-0.2, 0) is 29.1 Å². The number of fused-ring (bicyclic) bond motifs is 4. The van der Waals surface area contributed by atoms with Gasteiger partial charge in [-0.2, -0.15) is 0 Å². The quantitative estimate of drug-likeness (QED) is 0.206. The van der Waals surface area contributed by atoms with Crippen LogP contribution in [0.15, 0.2) is 42.5 Å². The van der Waals surface area contributed by atoms with E-state index in [0.29, 0.717) is 77.8 Å². The number of Topliss-reactive ketones (excluding diaryl/α,β-unsaturated/α-hetero) is 1. The second kappa shape index (κ2) is 16.2. The number of anilines is 2. The number of rotatable bonds is 20. The fourth-order valence-electron chi connectivity index (χ4n) is 6.41. The topological polar surface area (TPSA) is 87.7 Å². The highest BCUT2D eigenvalue weighted by Gasteiger charge is 2.52. The lowest BCUT2D eigenvalue weighted by molar-refractivity contribution is -0.00978. The van der Waals surface area contributed by atoms with Crippen molar-refractivity contribution in [3.63, 3.8) is 0 Å². The van der Waals surface area contributed by atoms with Crippen LogP contribution in [0.3, 0.4) is 0 Å². The van der Waals surface area contributed by atoms with Crippen LogP contribution in [0, 0.1) is 11.8 Å². The van der Waals surface area contributed by atoms with E-state index in [1.807, 2.05) is 36.4 Å². The zero-order chi connectivity index (χ0) is 30.8. The maximum absolute atomic E-state index is 13.6. The monoisotopic (exact) mass is 610 g/mol. The van der Waals surface area contributed by atoms with Gasteiger partial charge in [0.1, 0.15) is 12.4 Å². The Kier molecular flexibility index (Phi) is 12.1. The molecule has 242 valence electrons. The largest absolute Gasteiger partial charge is 0.491 e. The highest BCUT2D eigenvalue weighted by molar-refractivity contribution is 6.04. The molecule has 1 N–H and O–H groups in total. The van der Waals surface area contributed by atoms with Gasteiger partial charge in [0.05, 0.1) is 65.5 Å². The number of nitrogens with one attached hydrogen (secondary N) is 1. The van der Waals surface area contributed by atoms with Gasteiger partial charge in [-0.15, -0.1) is 0 Å². The molecule has 3 atom stereocenters. The predicted octanol–water partition coefficient (Wildman–Crippen LogP) is 5.10. The number of piperidine rings is 1. The van der Waals surface area contributed by atoms with E-state index in [1.165, 1.54) is 18.4 Å². The number of carbonyl (C=O) groups is 1. The van der Waals surface area contributed by atoms with E-state index in [4.69, 9.17) is 28.4 Å². The summed E-state index contributed by atoms with van der Waals surface area (Å²) in [6, 6.07) is 14.2. The highest BCUT2D eigenvalue weighted by Crippen LogP contribution is 2.50. The molecule has 3 aliphatic rings. The zero-order valence-electron chi connectivity index (χ0n) is 26.7. The molecule has 44 heavy (non-hydrogen) atoms. The van der Waals surface area contributed by atoms with Crippen molar-refractivity contribution < 1.29 is 33.2 Å². The number of likely N-dealkylation sites (tertiary alicyclic amines) is 1. The molecule has 9 nitrogen and oxygen atoms in total. The fourth-order valence-corrected chi connectivity index (χ4v) is 6.41. The van der Waals surface area contributed by atoms with Crippen molar-refractivity contribution in [2.75, 3.05) is 91.6 Å². The summed E-state index contributed by atoms with van der Waals surface area (Å²) in [6.07, 6.45) is 3.72. The van der Waals surface area contributed by atoms with Gasteiger partial charge in [0, 0.05) is 30.6 Å². The molecule has 0 radical (unpaired) electrons. The minimum absolute atomic E-state index is 0.00576. The summed E-state index contributed by atoms with van der Waals surface area (Å²) >= 11 is 0. The van der Waals surface area contributed by atoms with Crippen LogP contribution in [0.25, 0.3) is 0 Å². The lowest BCUT2D eigenvalue weighted by atomic mass is 9.58. The number of hydrogen-bond acceptors (Lipinski definition) is 9. The first kappa shape index (κ1) is 32.9. The molecule has 2 aliphatic carbocycles. The van der Waals surface area contributed by atoms with Gasteiger partial charge in [0.25, 0.3) is 0 Å². The van der Waals surface area contributed by atoms with Crippen LogP contribution in [0.2, 0.25) is 0 Å². The van der Waals surface area contributed by atoms with E-state index in [-0.39, 0.29) is 11.5 Å². The highest BCUT2D eigenvalue weighted by atomic mass is 16.6. The van der Waals surface area contributed by atoms with E-state index in [2.05, 4.69) is 30.1 Å². The fraction of sp³-hybridized carbons (Fsp3) is 0.629. The van der Waals surface area contributed by atoms with Gasteiger partial charge < -0.3 is 33.7 Å². The smallest absolute Gasteiger partial charge is 0.180 e. The Morgan fingerprint density at radius 3 is 2.02 bits per heavy atom. The van der Waals surface area contributed by atoms with Gasteiger partial charge >= 0.3 is 0 Å². The summed E-state index contributed by atoms with van der Waals surface area (Å²) in [6.45, 7) is 12.1. The van der Waals surface area contributed by atoms with Gasteiger partial charge in [-0.05, 0) is 91.1 Å². The third kappa shape index (κ3) is 8.59. The summed E-state index contributed by atoms with van der Waals surface area (Å²) in [5.74, 6) is 2.19. The number of ketones is 1. The van der Waals surface area contributed by atoms with Crippen LogP contribution >= 0.6 is 0 Å². The van der Waals surface area contributed by atoms with Crippen LogP contribution in [0.4, 0.5) is 11.4 Å². The molecule has 0 amide bonds. The van der Waals surface area contributed by atoms with E-state index in [1.54, 1.807) is 7.11 Å². The second-order valence-electron chi connectivity index (χ2n) is 12.4. The van der Waals surface area contributed by atoms with Gasteiger partial charge in [-0.1, -0.05) is 13.8 Å². The molecule has 2 aromatic carbocycles. The molecular weight excluding hydrogens is 560 g/mol. The van der Waals surface area contributed by atoms with Gasteiger partial charge in [-0.3, -0.25) is 9.69 Å². The standard InChI is InChI=1S/C35H50N2O7/c1-26-33-34(38)31-11-8-29(24-32(31)35(26,2)12-13-37(33)25-27-4-5-27)36-28-6-9-30(10-7-28)44-23-22-43-21-20-42-19-18-41-17-16-40-15-14-39-3/h6-11,24,26-27,33,36H,4-5,12-23,25H2,1-3H3/t26-,33?,35+/m0/s1. The zero-order valence-corrected chi connectivity index (χ0v) is 26.7. The molecule has 0 aromatic heterocycles. The first-order valence-electron chi connectivity index (χ1n) is 16.2. The maximum atomic E-state index is 13.6. The van der Waals surface area contributed by atoms with Crippen LogP contribution in [-0.4, -0.2) is 103 Å². The minimum Gasteiger partial charge on any atom is -0.491 e. The third-order valence-corrected chi connectivity index (χ3v) is 9.34. The predicted molar refractivity (Wildman–Crippen MR) is 170 cm³/mol. The molecule has 1 heterocycles. The number of ether oxygens (including phenoxy) is 6. The molecule has 1 saturated heterocycles. The number of benzene rings is 2. The maximum Gasteiger partial charge on any atom is 0.180 e. The van der Waals surface area contributed by atoms with Crippen molar-refractivity contribution in [2.45, 2.75) is 44.6 Å². The Bertz CT molecular complexity index is 1190. The number of methoxy groups -OCH3 is 1. The van der Waals surface area contributed by atoms with E-state index in [0.717, 1.165) is 48.1 Å². The summed E-state index contributed by atoms with van der Waals surface area (Å²) in [5.41, 5.74) is 4.09. The Morgan fingerprint density at radius 2 is 1.41 bits per heavy atom. The molecule has 5 rings (SSSR count). The average molecular weight is 611 g/mol. The van der Waals surface area contributed by atoms with Gasteiger partial charge in [0.2, 0.25) is 0 Å². The van der Waals surface area contributed by atoms with Crippen molar-refractivity contribution >= 4 is 17.2 Å². The lowest BCUT2D eigenvalue weighted by Crippen LogP contribution is -2.61. The molecule has 1 unspecified atom stereocenters. The van der Waals surface area contributed by atoms with Crippen LogP contribution < -0.4 is 10.1 Å². The van der Waals surface area contributed by atoms with Crippen molar-refractivity contribution in [2.24, 2.45) is 11.8 Å². The first-order chi connectivity index (χ1) is 21.5. The minimum atomic E-state index is 0.00576. The van der Waals surface area contributed by atoms with Crippen LogP contribution in [0.5, 0.6) is 5.75 Å². The molecule has 1 aliphatic heterocycles. The number of hydrogen-bond donors (Lipinski definition) is 1. The van der Waals surface area contributed by atoms with Crippen LogP contribution in [0.1, 0.15) is 49.0 Å². The number of nitrogens with zero attached hydrogens (tertiary/aromatic N) is 1. The van der Waals surface area contributed by atoms with E-state index >= 15 is 0 Å². The van der Waals surface area contributed by atoms with Crippen molar-refractivity contribution in [3.8, 4) is 5.75 Å². The molecule has 2 fully saturated rings. The second-order valence-corrected chi connectivity index (χ2v) is 12.4. The van der Waals surface area contributed by atoms with Crippen molar-refractivity contribution in [3.05, 3.63) is 53.6 Å². The SMILES string of the molecule is COCCOCCOCCOCCOCCOc1ccc(Nc2ccc3c(c2)[C@]2(C)CCN(CC4CC4)C(C3=O)[C@@H]2C)cc1. The Labute approximate surface area is 262 Å². The van der Waals surface area contributed by atoms with E-state index < -0.39 is 0 Å². The normalized spacial score (nSPS) is 23.0. The number of carbonyl (C=O) groups excluding carboxylic acids is 1. The van der Waals surface area contributed by atoms with E-state index in [9.17, 15) is 4.79 Å². The van der Waals surface area contributed by atoms with Crippen molar-refractivity contribution in [1.29, 1.82) is 0 Å². The summed E-state index contributed by atoms with van der Waals surface area (Å²) < 4.78 is 32.6. The molecule has 2 aromatic rings. The molecule has 0 spiro atoms. The molecule has 2 bridgehead atoms.